The molecule has 0 radical (unpaired) electrons. The van der Waals surface area contributed by atoms with Crippen molar-refractivity contribution in [2.24, 2.45) is 0 Å². The Hall–Kier alpha value is -2.10. The minimum Gasteiger partial charge on any atom is -0.455 e. The standard InChI is InChI=1S/C14H16N2O2/c1-14(2,3)18-13(17)12-9-15-10-16(12)11-7-5-4-6-8-11/h4-10H,1-3H3. The van der Waals surface area contributed by atoms with Crippen molar-refractivity contribution in [1.29, 1.82) is 0 Å². The molecule has 0 atom stereocenters. The number of imidazole rings is 1. The van der Waals surface area contributed by atoms with Gasteiger partial charge in [-0.2, -0.15) is 0 Å². The monoisotopic (exact) mass is 244 g/mol. The van der Waals surface area contributed by atoms with Crippen LogP contribution in [-0.4, -0.2) is 21.1 Å². The van der Waals surface area contributed by atoms with Crippen LogP contribution in [0.2, 0.25) is 0 Å². The lowest BCUT2D eigenvalue weighted by Crippen LogP contribution is -2.25. The van der Waals surface area contributed by atoms with E-state index in [0.717, 1.165) is 5.69 Å². The van der Waals surface area contributed by atoms with Crippen LogP contribution in [0.15, 0.2) is 42.9 Å². The summed E-state index contributed by atoms with van der Waals surface area (Å²) >= 11 is 0. The van der Waals surface area contributed by atoms with Gasteiger partial charge in [-0.3, -0.25) is 4.57 Å². The molecule has 4 heteroatoms. The van der Waals surface area contributed by atoms with Gasteiger partial charge in [-0.15, -0.1) is 0 Å². The number of hydrogen-bond donors (Lipinski definition) is 0. The largest absolute Gasteiger partial charge is 0.455 e. The molecule has 0 spiro atoms. The van der Waals surface area contributed by atoms with Gasteiger partial charge in [-0.25, -0.2) is 9.78 Å². The van der Waals surface area contributed by atoms with E-state index in [-0.39, 0.29) is 5.97 Å². The van der Waals surface area contributed by atoms with Gasteiger partial charge in [0.25, 0.3) is 0 Å². The zero-order valence-corrected chi connectivity index (χ0v) is 10.8. The molecule has 2 aromatic rings. The molecule has 0 saturated carbocycles. The Morgan fingerprint density at radius 3 is 2.50 bits per heavy atom. The highest BCUT2D eigenvalue weighted by atomic mass is 16.6. The van der Waals surface area contributed by atoms with E-state index in [2.05, 4.69) is 4.98 Å². The van der Waals surface area contributed by atoms with Gasteiger partial charge in [0, 0.05) is 5.69 Å². The third kappa shape index (κ3) is 2.77. The van der Waals surface area contributed by atoms with Crippen LogP contribution in [0.1, 0.15) is 31.3 Å². The lowest BCUT2D eigenvalue weighted by molar-refractivity contribution is 0.00605. The van der Waals surface area contributed by atoms with Crippen LogP contribution in [-0.2, 0) is 4.74 Å². The molecular weight excluding hydrogens is 228 g/mol. The molecule has 0 bridgehead atoms. The van der Waals surface area contributed by atoms with Gasteiger partial charge in [0.2, 0.25) is 0 Å². The van der Waals surface area contributed by atoms with Gasteiger partial charge in [0.1, 0.15) is 5.60 Å². The van der Waals surface area contributed by atoms with Crippen molar-refractivity contribution in [3.63, 3.8) is 0 Å². The molecule has 0 saturated heterocycles. The van der Waals surface area contributed by atoms with Crippen LogP contribution in [0.25, 0.3) is 5.69 Å². The second kappa shape index (κ2) is 4.64. The summed E-state index contributed by atoms with van der Waals surface area (Å²) in [6, 6.07) is 9.57. The molecule has 0 aliphatic carbocycles. The Morgan fingerprint density at radius 2 is 1.89 bits per heavy atom. The van der Waals surface area contributed by atoms with Crippen LogP contribution in [0.3, 0.4) is 0 Å². The van der Waals surface area contributed by atoms with Crippen molar-refractivity contribution >= 4 is 5.97 Å². The third-order valence-corrected chi connectivity index (χ3v) is 2.28. The van der Waals surface area contributed by atoms with Gasteiger partial charge in [0.05, 0.1) is 12.5 Å². The molecule has 1 aromatic heterocycles. The fraction of sp³-hybridized carbons (Fsp3) is 0.286. The first kappa shape index (κ1) is 12.4. The van der Waals surface area contributed by atoms with Crippen LogP contribution in [0.5, 0.6) is 0 Å². The topological polar surface area (TPSA) is 44.1 Å². The predicted octanol–water partition coefficient (Wildman–Crippen LogP) is 2.83. The van der Waals surface area contributed by atoms with E-state index in [4.69, 9.17) is 4.74 Å². The SMILES string of the molecule is CC(C)(C)OC(=O)c1cncn1-c1ccccc1. The molecule has 94 valence electrons. The van der Waals surface area contributed by atoms with Gasteiger partial charge in [0.15, 0.2) is 5.69 Å². The smallest absolute Gasteiger partial charge is 0.357 e. The number of hydrogen-bond acceptors (Lipinski definition) is 3. The summed E-state index contributed by atoms with van der Waals surface area (Å²) in [5.74, 6) is -0.371. The first-order chi connectivity index (χ1) is 8.47. The number of rotatable bonds is 2. The van der Waals surface area contributed by atoms with Gasteiger partial charge < -0.3 is 4.74 Å². The summed E-state index contributed by atoms with van der Waals surface area (Å²) in [7, 11) is 0. The Balaban J connectivity index is 2.32. The van der Waals surface area contributed by atoms with E-state index < -0.39 is 5.60 Å². The Kier molecular flexibility index (Phi) is 3.19. The minimum atomic E-state index is -0.511. The van der Waals surface area contributed by atoms with Crippen LogP contribution >= 0.6 is 0 Å². The Morgan fingerprint density at radius 1 is 1.22 bits per heavy atom. The quantitative estimate of drug-likeness (QED) is 0.763. The molecule has 4 nitrogen and oxygen atoms in total. The van der Waals surface area contributed by atoms with Crippen molar-refractivity contribution < 1.29 is 9.53 Å². The van der Waals surface area contributed by atoms with Crippen molar-refractivity contribution in [2.75, 3.05) is 0 Å². The molecule has 0 fully saturated rings. The summed E-state index contributed by atoms with van der Waals surface area (Å²) in [5, 5.41) is 0. The number of aromatic nitrogens is 2. The van der Waals surface area contributed by atoms with Crippen LogP contribution in [0.4, 0.5) is 0 Å². The molecule has 0 aliphatic heterocycles. The summed E-state index contributed by atoms with van der Waals surface area (Å²) in [6.07, 6.45) is 3.12. The van der Waals surface area contributed by atoms with Crippen molar-refractivity contribution in [3.8, 4) is 5.69 Å². The van der Waals surface area contributed by atoms with E-state index in [1.807, 2.05) is 51.1 Å². The second-order valence-corrected chi connectivity index (χ2v) is 4.99. The number of carbonyl (C=O) groups is 1. The molecular formula is C14H16N2O2. The Labute approximate surface area is 106 Å². The molecule has 1 aromatic carbocycles. The molecule has 0 amide bonds. The average molecular weight is 244 g/mol. The highest BCUT2D eigenvalue weighted by molar-refractivity contribution is 5.88. The minimum absolute atomic E-state index is 0.371. The van der Waals surface area contributed by atoms with E-state index in [9.17, 15) is 4.79 Å². The normalized spacial score (nSPS) is 11.3. The second-order valence-electron chi connectivity index (χ2n) is 4.99. The Bertz CT molecular complexity index is 538. The third-order valence-electron chi connectivity index (χ3n) is 2.28. The van der Waals surface area contributed by atoms with E-state index in [0.29, 0.717) is 5.69 Å². The molecule has 2 rings (SSSR count). The highest BCUT2D eigenvalue weighted by Gasteiger charge is 2.21. The molecule has 1 heterocycles. The first-order valence-electron chi connectivity index (χ1n) is 5.78. The van der Waals surface area contributed by atoms with E-state index in [1.54, 1.807) is 10.9 Å². The zero-order valence-electron chi connectivity index (χ0n) is 10.8. The predicted molar refractivity (Wildman–Crippen MR) is 68.7 cm³/mol. The molecule has 0 aliphatic rings. The van der Waals surface area contributed by atoms with E-state index in [1.165, 1.54) is 6.20 Å². The maximum absolute atomic E-state index is 12.0. The summed E-state index contributed by atoms with van der Waals surface area (Å²) in [5.41, 5.74) is 0.801. The lowest BCUT2D eigenvalue weighted by atomic mass is 10.2. The number of benzene rings is 1. The number of ether oxygens (including phenoxy) is 1. The van der Waals surface area contributed by atoms with E-state index >= 15 is 0 Å². The summed E-state index contributed by atoms with van der Waals surface area (Å²) in [4.78, 5) is 16.0. The van der Waals surface area contributed by atoms with Crippen LogP contribution < -0.4 is 0 Å². The molecule has 0 N–H and O–H groups in total. The number of nitrogens with zero attached hydrogens (tertiary/aromatic N) is 2. The maximum Gasteiger partial charge on any atom is 0.357 e. The number of esters is 1. The maximum atomic E-state index is 12.0. The van der Waals surface area contributed by atoms with Gasteiger partial charge in [-0.1, -0.05) is 18.2 Å². The summed E-state index contributed by atoms with van der Waals surface area (Å²) in [6.45, 7) is 5.52. The number of carbonyl (C=O) groups excluding carboxylic acids is 1. The van der Waals surface area contributed by atoms with Crippen molar-refractivity contribution in [2.45, 2.75) is 26.4 Å². The van der Waals surface area contributed by atoms with Crippen molar-refractivity contribution in [1.82, 2.24) is 9.55 Å². The summed E-state index contributed by atoms with van der Waals surface area (Å²) < 4.78 is 7.06. The average Bonchev–Trinajstić information content (AvgIpc) is 2.76. The first-order valence-corrected chi connectivity index (χ1v) is 5.78. The molecule has 18 heavy (non-hydrogen) atoms. The molecule has 0 unspecified atom stereocenters. The zero-order chi connectivity index (χ0) is 13.2. The van der Waals surface area contributed by atoms with Gasteiger partial charge in [-0.05, 0) is 32.9 Å². The van der Waals surface area contributed by atoms with Crippen molar-refractivity contribution in [3.05, 3.63) is 48.5 Å². The highest BCUT2D eigenvalue weighted by Crippen LogP contribution is 2.15. The van der Waals surface area contributed by atoms with Crippen LogP contribution in [0, 0.1) is 0 Å². The van der Waals surface area contributed by atoms with Gasteiger partial charge >= 0.3 is 5.97 Å². The number of para-hydroxylation sites is 1. The fourth-order valence-electron chi connectivity index (χ4n) is 1.57. The fourth-order valence-corrected chi connectivity index (χ4v) is 1.57. The lowest BCUT2D eigenvalue weighted by Gasteiger charge is -2.19.